The first-order chi connectivity index (χ1) is 34.1. The van der Waals surface area contributed by atoms with Gasteiger partial charge >= 0.3 is 0 Å². The summed E-state index contributed by atoms with van der Waals surface area (Å²) in [5.41, 5.74) is 14.7. The number of phenols is 1. The molecule has 0 saturated carbocycles. The molecule has 0 aliphatic heterocycles. The summed E-state index contributed by atoms with van der Waals surface area (Å²) in [4.78, 5) is 10.4. The number of pyridine rings is 1. The Morgan fingerprint density at radius 2 is 1.23 bits per heavy atom. The SMILES string of the molecule is [2H]C([2H])([2H])c1cc(-c2cc(C([2H])(C)C)cc(C([2H])(C)C)c2)ccc1-n1c(-c2cc(C)cc(C(C)(C)C)c2O)nc2c(-c3[c-]c(-c4cc(-c5ccc(-c6ccccc6)cc5)ccn4)cc(C(C)(C)C)c3)cccc21.[Pt]. The number of aryl methyl sites for hydroxylation is 2. The summed E-state index contributed by atoms with van der Waals surface area (Å²) >= 11 is 0. The predicted octanol–water partition coefficient (Wildman–Crippen LogP) is 17.4. The number of para-hydroxylation sites is 1. The van der Waals surface area contributed by atoms with Crippen LogP contribution >= 0.6 is 0 Å². The monoisotopic (exact) mass is 1090 g/mol. The number of nitrogens with zero attached hydrogens (tertiary/aromatic N) is 3. The Labute approximate surface area is 431 Å². The number of phenolic OH excluding ortho intramolecular Hbond substituents is 1. The summed E-state index contributed by atoms with van der Waals surface area (Å²) < 4.78 is 47.0. The van der Waals surface area contributed by atoms with Crippen molar-refractivity contribution in [2.24, 2.45) is 0 Å². The summed E-state index contributed by atoms with van der Waals surface area (Å²) in [7, 11) is 0. The number of aromatic nitrogens is 3. The summed E-state index contributed by atoms with van der Waals surface area (Å²) in [5.74, 6) is -1.46. The molecule has 0 atom stereocenters. The molecule has 0 spiro atoms. The van der Waals surface area contributed by atoms with Crippen LogP contribution < -0.4 is 0 Å². The minimum Gasteiger partial charge on any atom is -0.507 e. The van der Waals surface area contributed by atoms with E-state index in [-0.39, 0.29) is 37.8 Å². The Bertz CT molecular complexity index is 3520. The van der Waals surface area contributed by atoms with Crippen LogP contribution in [0.15, 0.2) is 152 Å². The largest absolute Gasteiger partial charge is 0.507 e. The van der Waals surface area contributed by atoms with E-state index < -0.39 is 24.1 Å². The first-order valence-electron chi connectivity index (χ1n) is 26.0. The smallest absolute Gasteiger partial charge is 0.148 e. The number of hydrogen-bond donors (Lipinski definition) is 1. The van der Waals surface area contributed by atoms with Gasteiger partial charge in [0.2, 0.25) is 0 Å². The maximum atomic E-state index is 12.3. The molecular formula is C64H64N3OPt-. The standard InChI is InChI=1S/C64H64N3O.Pt/c1-39(2)48-32-49(40(3)4)34-50(33-48)46-25-26-58(42(6)31-46)67-59-20-16-19-54(60(59)66-62(67)55-29-41(5)30-56(61(55)68)64(10,11)12)51-35-52(37-53(36-51)63(7,8)9)57-38-47(27-28-65-57)45-23-21-44(22-24-45)43-17-14-13-15-18-43;/h13-34,36-40,68H,1-12H3;/q-1;/i6D3,39D,40D;. The van der Waals surface area contributed by atoms with Gasteiger partial charge in [0.05, 0.1) is 22.3 Å². The van der Waals surface area contributed by atoms with Crippen LogP contribution in [0, 0.1) is 19.8 Å². The number of benzene rings is 7. The molecule has 0 unspecified atom stereocenters. The molecule has 0 aliphatic rings. The van der Waals surface area contributed by atoms with Gasteiger partial charge in [-0.05, 0) is 122 Å². The van der Waals surface area contributed by atoms with Crippen LogP contribution in [-0.4, -0.2) is 19.6 Å². The van der Waals surface area contributed by atoms with E-state index in [1.165, 1.54) is 0 Å². The summed E-state index contributed by atoms with van der Waals surface area (Å²) in [6.07, 6.45) is 1.84. The van der Waals surface area contributed by atoms with Gasteiger partial charge in [0.25, 0.3) is 0 Å². The van der Waals surface area contributed by atoms with E-state index in [0.717, 1.165) is 78.0 Å². The molecule has 1 N–H and O–H groups in total. The Hall–Kier alpha value is -6.35. The normalized spacial score (nSPS) is 13.5. The fourth-order valence-electron chi connectivity index (χ4n) is 9.07. The molecule has 4 nitrogen and oxygen atoms in total. The van der Waals surface area contributed by atoms with Crippen LogP contribution in [0.3, 0.4) is 0 Å². The van der Waals surface area contributed by atoms with E-state index in [0.29, 0.717) is 33.7 Å². The van der Waals surface area contributed by atoms with Crippen LogP contribution in [0.4, 0.5) is 0 Å². The minimum atomic E-state index is -2.60. The Morgan fingerprint density at radius 3 is 1.87 bits per heavy atom. The molecule has 0 radical (unpaired) electrons. The topological polar surface area (TPSA) is 50.9 Å². The summed E-state index contributed by atoms with van der Waals surface area (Å²) in [5, 5.41) is 12.3. The molecule has 0 aliphatic carbocycles. The molecular weight excluding hydrogens is 1020 g/mol. The van der Waals surface area contributed by atoms with Gasteiger partial charge in [-0.2, -0.15) is 0 Å². The second-order valence-corrected chi connectivity index (χ2v) is 20.8. The van der Waals surface area contributed by atoms with Gasteiger partial charge in [-0.3, -0.25) is 9.55 Å². The van der Waals surface area contributed by atoms with Crippen molar-refractivity contribution in [3.05, 3.63) is 191 Å². The van der Waals surface area contributed by atoms with Crippen molar-refractivity contribution in [1.82, 2.24) is 14.5 Å². The zero-order valence-corrected chi connectivity index (χ0v) is 43.8. The molecule has 9 aromatic rings. The molecule has 352 valence electrons. The van der Waals surface area contributed by atoms with Gasteiger partial charge in [0.1, 0.15) is 11.6 Å². The van der Waals surface area contributed by atoms with Crippen LogP contribution in [0.25, 0.3) is 83.9 Å². The van der Waals surface area contributed by atoms with E-state index >= 15 is 0 Å². The van der Waals surface area contributed by atoms with E-state index in [1.54, 1.807) is 6.07 Å². The molecule has 2 aromatic heterocycles. The molecule has 7 aromatic carbocycles. The Kier molecular flexibility index (Phi) is 11.9. The molecule has 0 bridgehead atoms. The maximum Gasteiger partial charge on any atom is 0.148 e. The number of rotatable bonds is 9. The Balaban J connectivity index is 0.00000729. The third-order valence-electron chi connectivity index (χ3n) is 13.0. The zero-order chi connectivity index (χ0) is 52.6. The first kappa shape index (κ1) is 42.7. The van der Waals surface area contributed by atoms with Crippen LogP contribution in [0.2, 0.25) is 0 Å². The fraction of sp³-hybridized carbons (Fsp3) is 0.250. The number of aromatic hydroxyl groups is 1. The maximum absolute atomic E-state index is 12.3. The second-order valence-electron chi connectivity index (χ2n) is 20.8. The third kappa shape index (κ3) is 9.93. The van der Waals surface area contributed by atoms with Crippen LogP contribution in [0.5, 0.6) is 5.75 Å². The van der Waals surface area contributed by atoms with E-state index in [4.69, 9.17) is 16.8 Å². The van der Waals surface area contributed by atoms with Gasteiger partial charge in [0.15, 0.2) is 0 Å². The quantitative estimate of drug-likeness (QED) is 0.147. The second kappa shape index (κ2) is 19.2. The van der Waals surface area contributed by atoms with Crippen molar-refractivity contribution in [3.63, 3.8) is 0 Å². The first-order valence-corrected chi connectivity index (χ1v) is 23.5. The average Bonchev–Trinajstić information content (AvgIpc) is 3.72. The van der Waals surface area contributed by atoms with Crippen LogP contribution in [0.1, 0.15) is 121 Å². The van der Waals surface area contributed by atoms with Gasteiger partial charge in [0, 0.05) is 45.4 Å². The number of fused-ring (bicyclic) bond motifs is 1. The predicted molar refractivity (Wildman–Crippen MR) is 287 cm³/mol. The van der Waals surface area contributed by atoms with Gasteiger partial charge in [-0.1, -0.05) is 183 Å². The molecule has 9 rings (SSSR count). The molecule has 2 heterocycles. The van der Waals surface area contributed by atoms with Crippen molar-refractivity contribution in [1.29, 1.82) is 0 Å². The minimum absolute atomic E-state index is 0. The fourth-order valence-corrected chi connectivity index (χ4v) is 9.07. The number of hydrogen-bond acceptors (Lipinski definition) is 3. The van der Waals surface area contributed by atoms with Crippen molar-refractivity contribution in [2.45, 2.75) is 106 Å². The van der Waals surface area contributed by atoms with Gasteiger partial charge in [-0.15, -0.1) is 29.3 Å². The van der Waals surface area contributed by atoms with Gasteiger partial charge < -0.3 is 5.11 Å². The average molecular weight is 1090 g/mol. The molecule has 69 heavy (non-hydrogen) atoms. The van der Waals surface area contributed by atoms with Crippen molar-refractivity contribution in [2.75, 3.05) is 0 Å². The van der Waals surface area contributed by atoms with Crippen LogP contribution in [-0.2, 0) is 31.9 Å². The van der Waals surface area contributed by atoms with Crippen molar-refractivity contribution < 1.29 is 33.0 Å². The summed E-state index contributed by atoms with van der Waals surface area (Å²) in [6, 6.07) is 52.2. The van der Waals surface area contributed by atoms with Crippen molar-refractivity contribution in [3.8, 4) is 78.6 Å². The van der Waals surface area contributed by atoms with Gasteiger partial charge in [-0.25, -0.2) is 4.98 Å². The zero-order valence-electron chi connectivity index (χ0n) is 46.5. The molecule has 5 heteroatoms. The Morgan fingerprint density at radius 1 is 0.609 bits per heavy atom. The van der Waals surface area contributed by atoms with Crippen molar-refractivity contribution >= 4 is 11.0 Å². The molecule has 0 saturated heterocycles. The number of imidazole rings is 1. The van der Waals surface area contributed by atoms with E-state index in [9.17, 15) is 5.11 Å². The molecule has 0 fully saturated rings. The molecule has 0 amide bonds. The third-order valence-corrected chi connectivity index (χ3v) is 13.0. The van der Waals surface area contributed by atoms with E-state index in [2.05, 4.69) is 102 Å². The van der Waals surface area contributed by atoms with E-state index in [1.807, 2.05) is 130 Å². The summed E-state index contributed by atoms with van der Waals surface area (Å²) in [6.45, 7) is 19.4.